The van der Waals surface area contributed by atoms with E-state index in [1.54, 1.807) is 49.5 Å². The smallest absolute Gasteiger partial charge is 0.322 e. The number of benzene rings is 3. The minimum atomic E-state index is -0.795. The Balaban J connectivity index is 1.80. The third-order valence-electron chi connectivity index (χ3n) is 6.06. The van der Waals surface area contributed by atoms with Crippen LogP contribution in [0.25, 0.3) is 0 Å². The Kier molecular flexibility index (Phi) is 7.21. The third kappa shape index (κ3) is 4.66. The van der Waals surface area contributed by atoms with Crippen molar-refractivity contribution in [3.05, 3.63) is 76.1 Å². The molecule has 0 saturated carbocycles. The van der Waals surface area contributed by atoms with E-state index in [1.165, 1.54) is 26.4 Å². The molecule has 3 aromatic carbocycles. The van der Waals surface area contributed by atoms with Crippen molar-refractivity contribution in [2.45, 2.75) is 12.5 Å². The van der Waals surface area contributed by atoms with E-state index in [2.05, 4.69) is 5.32 Å². The van der Waals surface area contributed by atoms with Gasteiger partial charge >= 0.3 is 6.03 Å². The van der Waals surface area contributed by atoms with E-state index in [1.807, 2.05) is 6.07 Å². The van der Waals surface area contributed by atoms with Crippen molar-refractivity contribution in [2.75, 3.05) is 40.3 Å². The van der Waals surface area contributed by atoms with Gasteiger partial charge in [0.1, 0.15) is 17.3 Å². The Bertz CT molecular complexity index is 1230. The van der Waals surface area contributed by atoms with Crippen LogP contribution in [0.5, 0.6) is 23.0 Å². The molecule has 2 amide bonds. The Morgan fingerprint density at radius 3 is 2.34 bits per heavy atom. The molecule has 3 aromatic rings. The molecule has 0 bridgehead atoms. The summed E-state index contributed by atoms with van der Waals surface area (Å²) in [6.45, 7) is 0.322. The van der Waals surface area contributed by atoms with Gasteiger partial charge in [-0.3, -0.25) is 0 Å². The molecule has 0 saturated heterocycles. The normalized spacial score (nSPS) is 14.7. The van der Waals surface area contributed by atoms with E-state index in [-0.39, 0.29) is 10.6 Å². The highest BCUT2D eigenvalue weighted by molar-refractivity contribution is 6.31. The molecule has 35 heavy (non-hydrogen) atoms. The highest BCUT2D eigenvalue weighted by Gasteiger charge is 2.36. The van der Waals surface area contributed by atoms with Gasteiger partial charge in [0.15, 0.2) is 11.5 Å². The van der Waals surface area contributed by atoms with Gasteiger partial charge in [0.25, 0.3) is 0 Å². The first-order chi connectivity index (χ1) is 16.9. The highest BCUT2D eigenvalue weighted by atomic mass is 35.5. The Labute approximate surface area is 208 Å². The van der Waals surface area contributed by atoms with Crippen molar-refractivity contribution < 1.29 is 28.1 Å². The minimum absolute atomic E-state index is 0.208. The molecule has 9 heteroatoms. The number of amides is 2. The fourth-order valence-electron chi connectivity index (χ4n) is 4.34. The van der Waals surface area contributed by atoms with E-state index >= 15 is 4.39 Å². The number of methoxy groups -OCH3 is 4. The molecule has 0 fully saturated rings. The summed E-state index contributed by atoms with van der Waals surface area (Å²) in [6.07, 6.45) is 0.533. The Morgan fingerprint density at radius 1 is 0.971 bits per heavy atom. The molecule has 0 unspecified atom stereocenters. The van der Waals surface area contributed by atoms with Crippen LogP contribution in [0.3, 0.4) is 0 Å². The molecule has 4 rings (SSSR count). The molecule has 0 aliphatic carbocycles. The van der Waals surface area contributed by atoms with Gasteiger partial charge < -0.3 is 29.2 Å². The zero-order chi connectivity index (χ0) is 25.1. The molecule has 1 atom stereocenters. The lowest BCUT2D eigenvalue weighted by molar-refractivity contribution is 0.192. The monoisotopic (exact) mass is 500 g/mol. The van der Waals surface area contributed by atoms with Gasteiger partial charge in [0.05, 0.1) is 40.2 Å². The summed E-state index contributed by atoms with van der Waals surface area (Å²) < 4.78 is 36.8. The Hall–Kier alpha value is -3.65. The Morgan fingerprint density at radius 2 is 1.69 bits per heavy atom. The quantitative estimate of drug-likeness (QED) is 0.470. The second-order valence-electron chi connectivity index (χ2n) is 7.88. The van der Waals surface area contributed by atoms with E-state index in [0.29, 0.717) is 47.2 Å². The maximum absolute atomic E-state index is 15.2. The van der Waals surface area contributed by atoms with Gasteiger partial charge in [-0.2, -0.15) is 0 Å². The number of fused-ring (bicyclic) bond motifs is 1. The number of carbonyl (C=O) groups excluding carboxylic acids is 1. The topological polar surface area (TPSA) is 69.3 Å². The zero-order valence-corrected chi connectivity index (χ0v) is 20.6. The van der Waals surface area contributed by atoms with E-state index in [4.69, 9.17) is 30.5 Å². The summed E-state index contributed by atoms with van der Waals surface area (Å²) in [7, 11) is 6.13. The van der Waals surface area contributed by atoms with Crippen LogP contribution >= 0.6 is 11.6 Å². The zero-order valence-electron chi connectivity index (χ0n) is 19.9. The molecule has 0 radical (unpaired) electrons. The predicted molar refractivity (Wildman–Crippen MR) is 132 cm³/mol. The van der Waals surface area contributed by atoms with E-state index < -0.39 is 17.9 Å². The first kappa shape index (κ1) is 24.5. The van der Waals surface area contributed by atoms with Gasteiger partial charge in [-0.15, -0.1) is 0 Å². The summed E-state index contributed by atoms with van der Waals surface area (Å²) >= 11 is 6.48. The van der Waals surface area contributed by atoms with Gasteiger partial charge in [-0.25, -0.2) is 9.18 Å². The number of halogens is 2. The molecule has 7 nitrogen and oxygen atoms in total. The molecule has 0 spiro atoms. The SMILES string of the molecule is COc1ccc(NC(=O)N2CCc3cc(OC)c(OC)cc3[C@H]2c2c(F)cccc2Cl)c(OC)c1. The number of ether oxygens (including phenoxy) is 4. The largest absolute Gasteiger partial charge is 0.497 e. The number of anilines is 1. The van der Waals surface area contributed by atoms with Crippen LogP contribution in [0.1, 0.15) is 22.7 Å². The van der Waals surface area contributed by atoms with Crippen molar-refractivity contribution in [3.8, 4) is 23.0 Å². The average Bonchev–Trinajstić information content (AvgIpc) is 2.87. The van der Waals surface area contributed by atoms with Gasteiger partial charge in [-0.1, -0.05) is 17.7 Å². The lowest BCUT2D eigenvalue weighted by Gasteiger charge is -2.38. The maximum atomic E-state index is 15.2. The summed E-state index contributed by atoms with van der Waals surface area (Å²) in [5, 5.41) is 3.11. The van der Waals surface area contributed by atoms with Gasteiger partial charge in [-0.05, 0) is 53.9 Å². The standard InChI is InChI=1S/C26H26ClFN2O5/c1-32-16-8-9-20(21(13-16)33-2)29-26(31)30-11-10-15-12-22(34-3)23(35-4)14-17(15)25(30)24-18(27)6-5-7-19(24)28/h5-9,12-14,25H,10-11H2,1-4H3,(H,29,31)/t25-/m0/s1. The van der Waals surface area contributed by atoms with E-state index in [9.17, 15) is 4.79 Å². The van der Waals surface area contributed by atoms with Gasteiger partial charge in [0, 0.05) is 23.2 Å². The molecule has 1 aliphatic rings. The second-order valence-corrected chi connectivity index (χ2v) is 8.29. The fraction of sp³-hybridized carbons (Fsp3) is 0.269. The minimum Gasteiger partial charge on any atom is -0.497 e. The van der Waals surface area contributed by atoms with Crippen molar-refractivity contribution in [1.82, 2.24) is 4.90 Å². The van der Waals surface area contributed by atoms with Gasteiger partial charge in [0.2, 0.25) is 0 Å². The van der Waals surface area contributed by atoms with Crippen LogP contribution in [-0.2, 0) is 6.42 Å². The summed E-state index contributed by atoms with van der Waals surface area (Å²) in [4.78, 5) is 15.1. The number of hydrogen-bond donors (Lipinski definition) is 1. The molecule has 1 aliphatic heterocycles. The lowest BCUT2D eigenvalue weighted by Crippen LogP contribution is -2.43. The lowest BCUT2D eigenvalue weighted by atomic mass is 9.87. The van der Waals surface area contributed by atoms with Crippen molar-refractivity contribution in [2.24, 2.45) is 0 Å². The summed E-state index contributed by atoms with van der Waals surface area (Å²) in [6, 6.07) is 12.0. The molecule has 1 N–H and O–H groups in total. The third-order valence-corrected chi connectivity index (χ3v) is 6.39. The van der Waals surface area contributed by atoms with Crippen LogP contribution in [0.15, 0.2) is 48.5 Å². The molecule has 1 heterocycles. The number of urea groups is 1. The number of hydrogen-bond acceptors (Lipinski definition) is 5. The van der Waals surface area contributed by atoms with Crippen LogP contribution in [0, 0.1) is 5.82 Å². The fourth-order valence-corrected chi connectivity index (χ4v) is 4.60. The maximum Gasteiger partial charge on any atom is 0.322 e. The summed E-state index contributed by atoms with van der Waals surface area (Å²) in [5.41, 5.74) is 2.28. The number of carbonyl (C=O) groups is 1. The number of nitrogens with zero attached hydrogens (tertiary/aromatic N) is 1. The van der Waals surface area contributed by atoms with Crippen molar-refractivity contribution in [1.29, 1.82) is 0 Å². The first-order valence-electron chi connectivity index (χ1n) is 10.9. The number of nitrogens with one attached hydrogen (secondary N) is 1. The molecule has 0 aromatic heterocycles. The van der Waals surface area contributed by atoms with Crippen molar-refractivity contribution in [3.63, 3.8) is 0 Å². The van der Waals surface area contributed by atoms with Crippen molar-refractivity contribution >= 4 is 23.3 Å². The average molecular weight is 501 g/mol. The van der Waals surface area contributed by atoms with Crippen LogP contribution < -0.4 is 24.3 Å². The van der Waals surface area contributed by atoms with E-state index in [0.717, 1.165) is 5.56 Å². The summed E-state index contributed by atoms with van der Waals surface area (Å²) in [5.74, 6) is 1.55. The highest BCUT2D eigenvalue weighted by Crippen LogP contribution is 2.44. The van der Waals surface area contributed by atoms with Crippen LogP contribution in [0.4, 0.5) is 14.9 Å². The predicted octanol–water partition coefficient (Wildman–Crippen LogP) is 5.69. The second kappa shape index (κ2) is 10.3. The number of rotatable bonds is 6. The molecule has 184 valence electrons. The molecular weight excluding hydrogens is 475 g/mol. The molecular formula is C26H26ClFN2O5. The first-order valence-corrected chi connectivity index (χ1v) is 11.3. The van der Waals surface area contributed by atoms with Crippen LogP contribution in [0.2, 0.25) is 5.02 Å². The van der Waals surface area contributed by atoms with Crippen LogP contribution in [-0.4, -0.2) is 45.9 Å².